The van der Waals surface area contributed by atoms with Crippen LogP contribution in [0.25, 0.3) is 0 Å². The van der Waals surface area contributed by atoms with Crippen molar-refractivity contribution in [2.75, 3.05) is 7.11 Å². The van der Waals surface area contributed by atoms with Gasteiger partial charge in [-0.15, -0.1) is 0 Å². The molecule has 0 radical (unpaired) electrons. The Kier molecular flexibility index (Phi) is 6.04. The molecule has 0 saturated heterocycles. The zero-order chi connectivity index (χ0) is 17.6. The van der Waals surface area contributed by atoms with Crippen LogP contribution in [0.1, 0.15) is 49.9 Å². The fourth-order valence-electron chi connectivity index (χ4n) is 3.42. The van der Waals surface area contributed by atoms with Crippen LogP contribution in [0.4, 0.5) is 0 Å². The van der Waals surface area contributed by atoms with Gasteiger partial charge in [-0.25, -0.2) is 0 Å². The second kappa shape index (κ2) is 8.45. The van der Waals surface area contributed by atoms with Crippen molar-refractivity contribution in [3.05, 3.63) is 41.5 Å². The first-order chi connectivity index (χ1) is 12.2. The summed E-state index contributed by atoms with van der Waals surface area (Å²) >= 11 is 0. The van der Waals surface area contributed by atoms with E-state index in [0.29, 0.717) is 18.5 Å². The summed E-state index contributed by atoms with van der Waals surface area (Å²) < 4.78 is 10.6. The highest BCUT2D eigenvalue weighted by Gasteiger charge is 2.26. The molecule has 0 amide bonds. The largest absolute Gasteiger partial charge is 0.497 e. The number of benzene rings is 1. The second-order valence-corrected chi connectivity index (χ2v) is 6.68. The van der Waals surface area contributed by atoms with Gasteiger partial charge in [0.05, 0.1) is 19.8 Å². The Morgan fingerprint density at radius 3 is 2.72 bits per heavy atom. The number of rotatable bonds is 7. The number of ether oxygens (including phenoxy) is 1. The Balaban J connectivity index is 1.75. The molecule has 1 aliphatic carbocycles. The maximum Gasteiger partial charge on any atom is 0.226 e. The van der Waals surface area contributed by atoms with Gasteiger partial charge in [-0.2, -0.15) is 4.98 Å². The van der Waals surface area contributed by atoms with E-state index in [2.05, 4.69) is 27.2 Å². The number of aliphatic hydroxyl groups is 1. The highest BCUT2D eigenvalue weighted by atomic mass is 16.5. The second-order valence-electron chi connectivity index (χ2n) is 6.68. The molecular weight excluding hydrogens is 318 g/mol. The summed E-state index contributed by atoms with van der Waals surface area (Å²) in [4.78, 5) is 6.85. The van der Waals surface area contributed by atoms with E-state index in [-0.39, 0.29) is 6.10 Å². The van der Waals surface area contributed by atoms with Crippen LogP contribution in [-0.4, -0.2) is 39.4 Å². The summed E-state index contributed by atoms with van der Waals surface area (Å²) in [5.74, 6) is 2.27. The number of hydrogen-bond acceptors (Lipinski definition) is 6. The van der Waals surface area contributed by atoms with Gasteiger partial charge in [0.15, 0.2) is 5.82 Å². The minimum atomic E-state index is -0.160. The van der Waals surface area contributed by atoms with Gasteiger partial charge < -0.3 is 14.4 Å². The molecule has 0 unspecified atom stereocenters. The van der Waals surface area contributed by atoms with Crippen molar-refractivity contribution >= 4 is 0 Å². The standard InChI is InChI=1S/C19H27N3O3/c1-3-19-20-18(21-25-19)13-22(15-7-9-16(23)10-8-15)12-14-5-4-6-17(11-14)24-2/h4-6,11,15-16,23H,3,7-10,12-13H2,1-2H3. The summed E-state index contributed by atoms with van der Waals surface area (Å²) in [6.07, 6.45) is 4.27. The molecule has 1 N–H and O–H groups in total. The normalized spacial score (nSPS) is 20.8. The van der Waals surface area contributed by atoms with E-state index in [1.165, 1.54) is 5.56 Å². The van der Waals surface area contributed by atoms with E-state index in [1.807, 2.05) is 19.1 Å². The highest BCUT2D eigenvalue weighted by Crippen LogP contribution is 2.26. The quantitative estimate of drug-likeness (QED) is 0.832. The molecule has 6 nitrogen and oxygen atoms in total. The molecule has 1 heterocycles. The van der Waals surface area contributed by atoms with Crippen LogP contribution in [0, 0.1) is 0 Å². The van der Waals surface area contributed by atoms with Crippen molar-refractivity contribution < 1.29 is 14.4 Å². The van der Waals surface area contributed by atoms with Crippen LogP contribution in [0.3, 0.4) is 0 Å². The van der Waals surface area contributed by atoms with Crippen molar-refractivity contribution in [1.82, 2.24) is 15.0 Å². The van der Waals surface area contributed by atoms with Crippen LogP contribution >= 0.6 is 0 Å². The van der Waals surface area contributed by atoms with E-state index < -0.39 is 0 Å². The van der Waals surface area contributed by atoms with Crippen molar-refractivity contribution in [1.29, 1.82) is 0 Å². The molecule has 1 aromatic heterocycles. The molecule has 0 aliphatic heterocycles. The van der Waals surface area contributed by atoms with Gasteiger partial charge >= 0.3 is 0 Å². The third-order valence-corrected chi connectivity index (χ3v) is 4.86. The molecule has 0 spiro atoms. The third-order valence-electron chi connectivity index (χ3n) is 4.86. The van der Waals surface area contributed by atoms with Gasteiger partial charge in [0.2, 0.25) is 5.89 Å². The molecule has 136 valence electrons. The Morgan fingerprint density at radius 1 is 1.24 bits per heavy atom. The summed E-state index contributed by atoms with van der Waals surface area (Å²) in [5, 5.41) is 13.9. The van der Waals surface area contributed by atoms with Gasteiger partial charge in [-0.05, 0) is 43.4 Å². The lowest BCUT2D eigenvalue weighted by atomic mass is 9.91. The number of aliphatic hydroxyl groups excluding tert-OH is 1. The predicted octanol–water partition coefficient (Wildman–Crippen LogP) is 2.95. The fraction of sp³-hybridized carbons (Fsp3) is 0.579. The topological polar surface area (TPSA) is 71.6 Å². The van der Waals surface area contributed by atoms with E-state index in [0.717, 1.165) is 50.2 Å². The maximum atomic E-state index is 9.82. The van der Waals surface area contributed by atoms with Crippen LogP contribution in [0.15, 0.2) is 28.8 Å². The molecule has 1 aromatic carbocycles. The van der Waals surface area contributed by atoms with E-state index in [9.17, 15) is 5.11 Å². The first kappa shape index (κ1) is 17.9. The van der Waals surface area contributed by atoms with Crippen molar-refractivity contribution in [2.45, 2.75) is 64.3 Å². The van der Waals surface area contributed by atoms with Crippen LogP contribution in [0.2, 0.25) is 0 Å². The lowest BCUT2D eigenvalue weighted by Gasteiger charge is -2.35. The molecule has 25 heavy (non-hydrogen) atoms. The zero-order valence-electron chi connectivity index (χ0n) is 15.0. The van der Waals surface area contributed by atoms with Gasteiger partial charge in [0.1, 0.15) is 5.75 Å². The lowest BCUT2D eigenvalue weighted by Crippen LogP contribution is -2.38. The fourth-order valence-corrected chi connectivity index (χ4v) is 3.42. The Labute approximate surface area is 148 Å². The summed E-state index contributed by atoms with van der Waals surface area (Å²) in [6, 6.07) is 8.57. The monoisotopic (exact) mass is 345 g/mol. The summed E-state index contributed by atoms with van der Waals surface area (Å²) in [5.41, 5.74) is 1.20. The summed E-state index contributed by atoms with van der Waals surface area (Å²) in [6.45, 7) is 3.46. The first-order valence-corrected chi connectivity index (χ1v) is 9.04. The van der Waals surface area contributed by atoms with Crippen molar-refractivity contribution in [2.24, 2.45) is 0 Å². The van der Waals surface area contributed by atoms with Crippen LogP contribution in [0.5, 0.6) is 5.75 Å². The van der Waals surface area contributed by atoms with Gasteiger partial charge in [0, 0.05) is 19.0 Å². The van der Waals surface area contributed by atoms with Crippen molar-refractivity contribution in [3.63, 3.8) is 0 Å². The van der Waals surface area contributed by atoms with Crippen molar-refractivity contribution in [3.8, 4) is 5.75 Å². The Bertz CT molecular complexity index is 665. The first-order valence-electron chi connectivity index (χ1n) is 9.04. The number of hydrogen-bond donors (Lipinski definition) is 1. The smallest absolute Gasteiger partial charge is 0.226 e. The summed E-state index contributed by atoms with van der Waals surface area (Å²) in [7, 11) is 1.69. The number of nitrogens with zero attached hydrogens (tertiary/aromatic N) is 3. The van der Waals surface area contributed by atoms with E-state index in [1.54, 1.807) is 7.11 Å². The Hall–Kier alpha value is -1.92. The van der Waals surface area contributed by atoms with E-state index in [4.69, 9.17) is 9.26 Å². The molecular formula is C19H27N3O3. The minimum Gasteiger partial charge on any atom is -0.497 e. The molecule has 3 rings (SSSR count). The average molecular weight is 345 g/mol. The van der Waals surface area contributed by atoms with Gasteiger partial charge in [-0.3, -0.25) is 4.90 Å². The van der Waals surface area contributed by atoms with Gasteiger partial charge in [-0.1, -0.05) is 24.2 Å². The lowest BCUT2D eigenvalue weighted by molar-refractivity contribution is 0.0649. The molecule has 1 fully saturated rings. The zero-order valence-corrected chi connectivity index (χ0v) is 15.0. The molecule has 1 saturated carbocycles. The van der Waals surface area contributed by atoms with Crippen LogP contribution in [-0.2, 0) is 19.5 Å². The highest BCUT2D eigenvalue weighted by molar-refractivity contribution is 5.28. The van der Waals surface area contributed by atoms with E-state index >= 15 is 0 Å². The minimum absolute atomic E-state index is 0.160. The van der Waals surface area contributed by atoms with Gasteiger partial charge in [0.25, 0.3) is 0 Å². The Morgan fingerprint density at radius 2 is 2.04 bits per heavy atom. The number of aromatic nitrogens is 2. The SMILES string of the molecule is CCc1nc(CN(Cc2cccc(OC)c2)C2CCC(O)CC2)no1. The molecule has 1 aliphatic rings. The average Bonchev–Trinajstić information content (AvgIpc) is 3.10. The third kappa shape index (κ3) is 4.80. The maximum absolute atomic E-state index is 9.82. The van der Waals surface area contributed by atoms with Crippen LogP contribution < -0.4 is 4.74 Å². The molecule has 2 aromatic rings. The molecule has 6 heteroatoms. The molecule has 0 atom stereocenters. The molecule has 0 bridgehead atoms. The number of aryl methyl sites for hydroxylation is 1. The predicted molar refractivity (Wildman–Crippen MR) is 94.2 cm³/mol. The number of methoxy groups -OCH3 is 1.